The minimum Gasteiger partial charge on any atom is -0.398 e. The third-order valence-corrected chi connectivity index (χ3v) is 4.96. The summed E-state index contributed by atoms with van der Waals surface area (Å²) in [7, 11) is -3.06. The molecular formula is C11H21N3O2S2. The van der Waals surface area contributed by atoms with Gasteiger partial charge in [0.2, 0.25) is 10.0 Å². The number of hydrogen-bond acceptors (Lipinski definition) is 5. The number of hydrogen-bond donors (Lipinski definition) is 2. The summed E-state index contributed by atoms with van der Waals surface area (Å²) >= 11 is 1.63. The van der Waals surface area contributed by atoms with Gasteiger partial charge in [0, 0.05) is 30.2 Å². The van der Waals surface area contributed by atoms with Crippen LogP contribution in [-0.2, 0) is 16.6 Å². The molecule has 1 rings (SSSR count). The summed E-state index contributed by atoms with van der Waals surface area (Å²) in [6.45, 7) is 4.46. The fourth-order valence-electron chi connectivity index (χ4n) is 1.63. The van der Waals surface area contributed by atoms with E-state index in [9.17, 15) is 8.42 Å². The molecule has 0 saturated carbocycles. The van der Waals surface area contributed by atoms with E-state index < -0.39 is 10.0 Å². The van der Waals surface area contributed by atoms with Crippen LogP contribution in [-0.4, -0.2) is 38.6 Å². The number of thiophene rings is 1. The van der Waals surface area contributed by atoms with E-state index in [-0.39, 0.29) is 0 Å². The lowest BCUT2D eigenvalue weighted by molar-refractivity contribution is 0.419. The number of nitrogens with one attached hydrogen (secondary N) is 1. The van der Waals surface area contributed by atoms with Crippen molar-refractivity contribution in [3.8, 4) is 0 Å². The van der Waals surface area contributed by atoms with Crippen molar-refractivity contribution >= 4 is 27.0 Å². The fourth-order valence-corrected chi connectivity index (χ4v) is 3.33. The molecule has 0 spiro atoms. The molecule has 0 aliphatic rings. The first-order valence-corrected chi connectivity index (χ1v) is 8.65. The number of sulfonamides is 1. The van der Waals surface area contributed by atoms with Gasteiger partial charge in [-0.15, -0.1) is 11.3 Å². The van der Waals surface area contributed by atoms with E-state index in [4.69, 9.17) is 5.73 Å². The summed E-state index contributed by atoms with van der Waals surface area (Å²) in [5, 5.41) is 5.24. The van der Waals surface area contributed by atoms with Crippen molar-refractivity contribution in [1.29, 1.82) is 0 Å². The molecule has 0 fully saturated rings. The van der Waals surface area contributed by atoms with Crippen molar-refractivity contribution in [3.63, 3.8) is 0 Å². The molecule has 7 heteroatoms. The number of anilines is 1. The molecule has 0 saturated heterocycles. The predicted molar refractivity (Wildman–Crippen MR) is 77.1 cm³/mol. The number of rotatable bonds is 8. The van der Waals surface area contributed by atoms with Crippen LogP contribution in [0.15, 0.2) is 11.4 Å². The summed E-state index contributed by atoms with van der Waals surface area (Å²) in [5.41, 5.74) is 6.58. The van der Waals surface area contributed by atoms with Crippen LogP contribution < -0.4 is 11.1 Å². The molecule has 1 aromatic rings. The minimum absolute atomic E-state index is 0.525. The molecule has 0 aliphatic carbocycles. The maximum atomic E-state index is 11.3. The van der Waals surface area contributed by atoms with E-state index in [1.165, 1.54) is 10.6 Å². The highest BCUT2D eigenvalue weighted by Gasteiger charge is 2.12. The Balaban J connectivity index is 2.21. The summed E-state index contributed by atoms with van der Waals surface area (Å²) in [6.07, 6.45) is 2.04. The van der Waals surface area contributed by atoms with Crippen LogP contribution in [0.4, 0.5) is 5.69 Å². The topological polar surface area (TPSA) is 75.4 Å². The van der Waals surface area contributed by atoms with E-state index >= 15 is 0 Å². The minimum atomic E-state index is -3.06. The highest BCUT2D eigenvalue weighted by molar-refractivity contribution is 7.88. The van der Waals surface area contributed by atoms with Gasteiger partial charge in [-0.2, -0.15) is 0 Å². The summed E-state index contributed by atoms with van der Waals surface area (Å²) in [4.78, 5) is 1.13. The van der Waals surface area contributed by atoms with Gasteiger partial charge in [-0.3, -0.25) is 0 Å². The Morgan fingerprint density at radius 2 is 2.22 bits per heavy atom. The Morgan fingerprint density at radius 3 is 2.72 bits per heavy atom. The molecule has 0 unspecified atom stereocenters. The average molecular weight is 291 g/mol. The molecule has 0 bridgehead atoms. The van der Waals surface area contributed by atoms with E-state index in [0.717, 1.165) is 30.1 Å². The third kappa shape index (κ3) is 4.93. The zero-order valence-electron chi connectivity index (χ0n) is 10.8. The van der Waals surface area contributed by atoms with Crippen molar-refractivity contribution in [2.24, 2.45) is 0 Å². The predicted octanol–water partition coefficient (Wildman–Crippen LogP) is 1.09. The molecule has 1 heterocycles. The Kier molecular flexibility index (Phi) is 6.07. The zero-order chi connectivity index (χ0) is 13.6. The molecule has 0 amide bonds. The maximum absolute atomic E-state index is 11.3. The first-order valence-electron chi connectivity index (χ1n) is 5.92. The van der Waals surface area contributed by atoms with Crippen molar-refractivity contribution in [2.75, 3.05) is 31.6 Å². The van der Waals surface area contributed by atoms with E-state index in [2.05, 4.69) is 5.32 Å². The highest BCUT2D eigenvalue weighted by atomic mass is 32.2. The standard InChI is InChI=1S/C11H21N3O2S2/c1-3-14(18(2,15)16)7-4-6-13-9-11-10(12)5-8-17-11/h5,8,13H,3-4,6-7,9,12H2,1-2H3. The fraction of sp³-hybridized carbons (Fsp3) is 0.636. The lowest BCUT2D eigenvalue weighted by Gasteiger charge is -2.17. The molecule has 1 aromatic heterocycles. The molecule has 0 aromatic carbocycles. The molecule has 0 radical (unpaired) electrons. The second-order valence-electron chi connectivity index (χ2n) is 4.08. The summed E-state index contributed by atoms with van der Waals surface area (Å²) in [5.74, 6) is 0. The van der Waals surface area contributed by atoms with Crippen LogP contribution in [0, 0.1) is 0 Å². The van der Waals surface area contributed by atoms with Crippen LogP contribution >= 0.6 is 11.3 Å². The average Bonchev–Trinajstić information content (AvgIpc) is 2.67. The Morgan fingerprint density at radius 1 is 1.50 bits per heavy atom. The van der Waals surface area contributed by atoms with Gasteiger partial charge in [-0.05, 0) is 24.4 Å². The van der Waals surface area contributed by atoms with Crippen molar-refractivity contribution in [1.82, 2.24) is 9.62 Å². The smallest absolute Gasteiger partial charge is 0.211 e. The molecule has 3 N–H and O–H groups in total. The number of nitrogen functional groups attached to an aromatic ring is 1. The Bertz CT molecular complexity index is 457. The second-order valence-corrected chi connectivity index (χ2v) is 7.07. The molecular weight excluding hydrogens is 270 g/mol. The molecule has 5 nitrogen and oxygen atoms in total. The largest absolute Gasteiger partial charge is 0.398 e. The van der Waals surface area contributed by atoms with Gasteiger partial charge in [-0.25, -0.2) is 12.7 Å². The Hall–Kier alpha value is -0.630. The van der Waals surface area contributed by atoms with Gasteiger partial charge in [0.25, 0.3) is 0 Å². The quantitative estimate of drug-likeness (QED) is 0.703. The Labute approximate surface area is 113 Å². The van der Waals surface area contributed by atoms with E-state index in [0.29, 0.717) is 13.1 Å². The normalized spacial score (nSPS) is 12.2. The third-order valence-electron chi connectivity index (χ3n) is 2.65. The molecule has 0 atom stereocenters. The monoisotopic (exact) mass is 291 g/mol. The van der Waals surface area contributed by atoms with Crippen molar-refractivity contribution in [2.45, 2.75) is 19.9 Å². The highest BCUT2D eigenvalue weighted by Crippen LogP contribution is 2.17. The molecule has 0 aliphatic heterocycles. The van der Waals surface area contributed by atoms with Crippen LogP contribution in [0.5, 0.6) is 0 Å². The van der Waals surface area contributed by atoms with Gasteiger partial charge in [0.1, 0.15) is 0 Å². The van der Waals surface area contributed by atoms with E-state index in [1.54, 1.807) is 11.3 Å². The van der Waals surface area contributed by atoms with Gasteiger partial charge in [0.05, 0.1) is 6.26 Å². The van der Waals surface area contributed by atoms with Crippen molar-refractivity contribution < 1.29 is 8.42 Å². The molecule has 18 heavy (non-hydrogen) atoms. The first kappa shape index (κ1) is 15.4. The second kappa shape index (κ2) is 7.08. The lowest BCUT2D eigenvalue weighted by Crippen LogP contribution is -2.32. The summed E-state index contributed by atoms with van der Waals surface area (Å²) < 4.78 is 24.2. The summed E-state index contributed by atoms with van der Waals surface area (Å²) in [6, 6.07) is 1.89. The lowest BCUT2D eigenvalue weighted by atomic mass is 10.3. The maximum Gasteiger partial charge on any atom is 0.211 e. The SMILES string of the molecule is CCN(CCCNCc1sccc1N)S(C)(=O)=O. The van der Waals surface area contributed by atoms with Crippen LogP contribution in [0.3, 0.4) is 0 Å². The number of nitrogens with zero attached hydrogens (tertiary/aromatic N) is 1. The first-order chi connectivity index (χ1) is 8.45. The molecule has 104 valence electrons. The van der Waals surface area contributed by atoms with E-state index in [1.807, 2.05) is 18.4 Å². The van der Waals surface area contributed by atoms with Gasteiger partial charge < -0.3 is 11.1 Å². The number of nitrogens with two attached hydrogens (primary N) is 1. The van der Waals surface area contributed by atoms with Crippen LogP contribution in [0.25, 0.3) is 0 Å². The zero-order valence-corrected chi connectivity index (χ0v) is 12.5. The van der Waals surface area contributed by atoms with Crippen LogP contribution in [0.1, 0.15) is 18.2 Å². The van der Waals surface area contributed by atoms with Crippen molar-refractivity contribution in [3.05, 3.63) is 16.3 Å². The van der Waals surface area contributed by atoms with Gasteiger partial charge >= 0.3 is 0 Å². The van der Waals surface area contributed by atoms with Crippen LogP contribution in [0.2, 0.25) is 0 Å². The van der Waals surface area contributed by atoms with Gasteiger partial charge in [0.15, 0.2) is 0 Å². The van der Waals surface area contributed by atoms with Gasteiger partial charge in [-0.1, -0.05) is 6.92 Å².